The molecule has 1 rings (SSSR count). The van der Waals surface area contributed by atoms with Gasteiger partial charge in [0, 0.05) is 4.47 Å². The van der Waals surface area contributed by atoms with E-state index in [1.165, 1.54) is 32.2 Å². The summed E-state index contributed by atoms with van der Waals surface area (Å²) in [6, 6.07) is 3.72. The number of hydrogen-bond acceptors (Lipinski definition) is 4. The van der Waals surface area contributed by atoms with E-state index in [0.29, 0.717) is 15.7 Å². The standard InChI is InChI=1S/C13H13BrFNO4/c1-7(2)11(12(17)19-3)20-13(18)16-10-5-4-8(15)6-9(10)14/h4-6,11H,1H2,2-3H3,(H,16,18). The van der Waals surface area contributed by atoms with Crippen LogP contribution in [0.5, 0.6) is 0 Å². The predicted molar refractivity (Wildman–Crippen MR) is 74.8 cm³/mol. The molecule has 1 N–H and O–H groups in total. The average Bonchev–Trinajstić information content (AvgIpc) is 2.38. The molecular formula is C13H13BrFNO4. The molecular weight excluding hydrogens is 333 g/mol. The summed E-state index contributed by atoms with van der Waals surface area (Å²) in [4.78, 5) is 23.1. The highest BCUT2D eigenvalue weighted by Gasteiger charge is 2.24. The van der Waals surface area contributed by atoms with Crippen molar-refractivity contribution in [2.75, 3.05) is 12.4 Å². The number of halogens is 2. The maximum absolute atomic E-state index is 12.9. The van der Waals surface area contributed by atoms with Gasteiger partial charge in [0.1, 0.15) is 5.82 Å². The highest BCUT2D eigenvalue weighted by atomic mass is 79.9. The smallest absolute Gasteiger partial charge is 0.412 e. The van der Waals surface area contributed by atoms with E-state index in [1.54, 1.807) is 0 Å². The summed E-state index contributed by atoms with van der Waals surface area (Å²) in [7, 11) is 1.18. The Hall–Kier alpha value is -1.89. The summed E-state index contributed by atoms with van der Waals surface area (Å²) >= 11 is 3.09. The van der Waals surface area contributed by atoms with E-state index in [2.05, 4.69) is 32.6 Å². The number of methoxy groups -OCH3 is 1. The molecule has 20 heavy (non-hydrogen) atoms. The quantitative estimate of drug-likeness (QED) is 0.671. The van der Waals surface area contributed by atoms with Crippen LogP contribution in [-0.4, -0.2) is 25.3 Å². The van der Waals surface area contributed by atoms with Crippen molar-refractivity contribution in [3.8, 4) is 0 Å². The predicted octanol–water partition coefficient (Wildman–Crippen LogP) is 3.25. The topological polar surface area (TPSA) is 64.6 Å². The molecule has 1 atom stereocenters. The Labute approximate surface area is 123 Å². The number of carbonyl (C=O) groups is 2. The van der Waals surface area contributed by atoms with Gasteiger partial charge in [0.15, 0.2) is 0 Å². The molecule has 0 aliphatic heterocycles. The van der Waals surface area contributed by atoms with Gasteiger partial charge in [-0.3, -0.25) is 5.32 Å². The zero-order valence-corrected chi connectivity index (χ0v) is 12.5. The monoisotopic (exact) mass is 345 g/mol. The zero-order valence-electron chi connectivity index (χ0n) is 10.9. The average molecular weight is 346 g/mol. The maximum atomic E-state index is 12.9. The van der Waals surface area contributed by atoms with E-state index >= 15 is 0 Å². The molecule has 0 aliphatic rings. The van der Waals surface area contributed by atoms with E-state index in [0.717, 1.165) is 0 Å². The van der Waals surface area contributed by atoms with Crippen molar-refractivity contribution >= 4 is 33.7 Å². The summed E-state index contributed by atoms with van der Waals surface area (Å²) in [5.41, 5.74) is 0.631. The van der Waals surface area contributed by atoms with E-state index in [9.17, 15) is 14.0 Å². The number of rotatable bonds is 4. The van der Waals surface area contributed by atoms with E-state index < -0.39 is 24.0 Å². The Bertz CT molecular complexity index is 547. The largest absolute Gasteiger partial charge is 0.466 e. The summed E-state index contributed by atoms with van der Waals surface area (Å²) in [6.45, 7) is 5.08. The Morgan fingerprint density at radius 2 is 2.10 bits per heavy atom. The van der Waals surface area contributed by atoms with Crippen molar-refractivity contribution in [2.45, 2.75) is 13.0 Å². The first-order valence-electron chi connectivity index (χ1n) is 5.51. The van der Waals surface area contributed by atoms with Crippen molar-refractivity contribution in [2.24, 2.45) is 0 Å². The van der Waals surface area contributed by atoms with Gasteiger partial charge in [-0.15, -0.1) is 0 Å². The van der Waals surface area contributed by atoms with Crippen molar-refractivity contribution in [1.29, 1.82) is 0 Å². The molecule has 1 aromatic rings. The van der Waals surface area contributed by atoms with Gasteiger partial charge in [-0.05, 0) is 46.6 Å². The van der Waals surface area contributed by atoms with E-state index in [1.807, 2.05) is 0 Å². The van der Waals surface area contributed by atoms with Crippen LogP contribution < -0.4 is 5.32 Å². The molecule has 5 nitrogen and oxygen atoms in total. The van der Waals surface area contributed by atoms with Crippen LogP contribution in [0.2, 0.25) is 0 Å². The third-order valence-corrected chi connectivity index (χ3v) is 2.91. The van der Waals surface area contributed by atoms with Crippen LogP contribution in [0.4, 0.5) is 14.9 Å². The van der Waals surface area contributed by atoms with E-state index in [4.69, 9.17) is 4.74 Å². The molecule has 0 fully saturated rings. The molecule has 0 radical (unpaired) electrons. The molecule has 0 spiro atoms. The van der Waals surface area contributed by atoms with Gasteiger partial charge in [-0.1, -0.05) is 6.58 Å². The van der Waals surface area contributed by atoms with Crippen LogP contribution >= 0.6 is 15.9 Å². The lowest BCUT2D eigenvalue weighted by Crippen LogP contribution is -2.31. The lowest BCUT2D eigenvalue weighted by atomic mass is 10.2. The van der Waals surface area contributed by atoms with Crippen molar-refractivity contribution in [3.63, 3.8) is 0 Å². The Morgan fingerprint density at radius 3 is 2.60 bits per heavy atom. The molecule has 0 heterocycles. The summed E-state index contributed by atoms with van der Waals surface area (Å²) in [5.74, 6) is -1.18. The lowest BCUT2D eigenvalue weighted by molar-refractivity contribution is -0.148. The minimum atomic E-state index is -1.20. The van der Waals surface area contributed by atoms with Crippen LogP contribution in [0.15, 0.2) is 34.8 Å². The molecule has 1 unspecified atom stereocenters. The Morgan fingerprint density at radius 1 is 1.45 bits per heavy atom. The lowest BCUT2D eigenvalue weighted by Gasteiger charge is -2.16. The van der Waals surface area contributed by atoms with Gasteiger partial charge in [0.2, 0.25) is 6.10 Å². The molecule has 0 saturated carbocycles. The van der Waals surface area contributed by atoms with Gasteiger partial charge in [0.05, 0.1) is 12.8 Å². The summed E-state index contributed by atoms with van der Waals surface area (Å²) in [5, 5.41) is 2.38. The summed E-state index contributed by atoms with van der Waals surface area (Å²) < 4.78 is 22.7. The van der Waals surface area contributed by atoms with Crippen molar-refractivity contribution < 1.29 is 23.5 Å². The SMILES string of the molecule is C=C(C)C(OC(=O)Nc1ccc(F)cc1Br)C(=O)OC. The van der Waals surface area contributed by atoms with Crippen LogP contribution in [0, 0.1) is 5.82 Å². The highest BCUT2D eigenvalue weighted by Crippen LogP contribution is 2.23. The first-order valence-corrected chi connectivity index (χ1v) is 6.30. The fourth-order valence-corrected chi connectivity index (χ4v) is 1.74. The van der Waals surface area contributed by atoms with Crippen LogP contribution in [0.1, 0.15) is 6.92 Å². The molecule has 1 aromatic carbocycles. The minimum absolute atomic E-state index is 0.307. The molecule has 108 valence electrons. The number of amides is 1. The number of hydrogen-bond donors (Lipinski definition) is 1. The number of carbonyl (C=O) groups excluding carboxylic acids is 2. The molecule has 0 bridgehead atoms. The van der Waals surface area contributed by atoms with Crippen molar-refractivity contribution in [1.82, 2.24) is 0 Å². The number of nitrogens with one attached hydrogen (secondary N) is 1. The van der Waals surface area contributed by atoms with Crippen LogP contribution in [-0.2, 0) is 14.3 Å². The zero-order chi connectivity index (χ0) is 15.3. The number of ether oxygens (including phenoxy) is 2. The number of anilines is 1. The van der Waals surface area contributed by atoms with Crippen molar-refractivity contribution in [3.05, 3.63) is 40.6 Å². The second-order valence-electron chi connectivity index (χ2n) is 3.90. The Kier molecular flexibility index (Phi) is 5.69. The highest BCUT2D eigenvalue weighted by molar-refractivity contribution is 9.10. The van der Waals surface area contributed by atoms with Crippen LogP contribution in [0.3, 0.4) is 0 Å². The third kappa shape index (κ3) is 4.34. The van der Waals surface area contributed by atoms with Crippen LogP contribution in [0.25, 0.3) is 0 Å². The normalized spacial score (nSPS) is 11.4. The third-order valence-electron chi connectivity index (χ3n) is 2.26. The second kappa shape index (κ2) is 7.04. The molecule has 1 amide bonds. The van der Waals surface area contributed by atoms with Gasteiger partial charge < -0.3 is 9.47 Å². The second-order valence-corrected chi connectivity index (χ2v) is 4.76. The number of benzene rings is 1. The molecule has 0 saturated heterocycles. The molecule has 7 heteroatoms. The van der Waals surface area contributed by atoms with E-state index in [-0.39, 0.29) is 0 Å². The molecule has 0 aliphatic carbocycles. The van der Waals surface area contributed by atoms with Gasteiger partial charge in [0.25, 0.3) is 0 Å². The fraction of sp³-hybridized carbons (Fsp3) is 0.231. The Balaban J connectivity index is 2.75. The molecule has 0 aromatic heterocycles. The summed E-state index contributed by atoms with van der Waals surface area (Å²) in [6.07, 6.45) is -2.07. The van der Waals surface area contributed by atoms with Gasteiger partial charge >= 0.3 is 12.1 Å². The number of esters is 1. The van der Waals surface area contributed by atoms with Gasteiger partial charge in [-0.25, -0.2) is 14.0 Å². The first kappa shape index (κ1) is 16.2. The minimum Gasteiger partial charge on any atom is -0.466 e. The fourth-order valence-electron chi connectivity index (χ4n) is 1.29. The maximum Gasteiger partial charge on any atom is 0.412 e. The first-order chi connectivity index (χ1) is 9.35. The van der Waals surface area contributed by atoms with Gasteiger partial charge in [-0.2, -0.15) is 0 Å².